The first-order valence-electron chi connectivity index (χ1n) is 17.0. The lowest BCUT2D eigenvalue weighted by atomic mass is 9.95. The summed E-state index contributed by atoms with van der Waals surface area (Å²) in [6, 6.07) is 23.9. The quantitative estimate of drug-likeness (QED) is 0.147. The first kappa shape index (κ1) is 36.9. The molecule has 1 N–H and O–H groups in total. The number of carbonyl (C=O) groups is 1. The number of aromatic nitrogens is 1. The highest BCUT2D eigenvalue weighted by Gasteiger charge is 2.33. The van der Waals surface area contributed by atoms with Crippen LogP contribution in [-0.4, -0.2) is 30.7 Å². The maximum absolute atomic E-state index is 14.5. The highest BCUT2D eigenvalue weighted by Crippen LogP contribution is 2.33. The summed E-state index contributed by atoms with van der Waals surface area (Å²) in [7, 11) is 1.60. The number of anilines is 2. The number of allylic oxidation sites excluding steroid dienone is 1. The van der Waals surface area contributed by atoms with E-state index in [2.05, 4.69) is 24.1 Å². The Bertz CT molecular complexity index is 2360. The lowest BCUT2D eigenvalue weighted by Gasteiger charge is -2.25. The van der Waals surface area contributed by atoms with Gasteiger partial charge in [0.1, 0.15) is 18.1 Å². The van der Waals surface area contributed by atoms with Crippen LogP contribution < -0.4 is 34.6 Å². The van der Waals surface area contributed by atoms with Crippen LogP contribution in [0.4, 0.5) is 11.4 Å². The van der Waals surface area contributed by atoms with E-state index in [4.69, 9.17) is 37.7 Å². The van der Waals surface area contributed by atoms with Crippen molar-refractivity contribution in [1.82, 2.24) is 4.57 Å². The maximum Gasteiger partial charge on any atom is 0.271 e. The van der Waals surface area contributed by atoms with E-state index >= 15 is 0 Å². The number of nitrogens with zero attached hydrogens (tertiary/aromatic N) is 3. The highest BCUT2D eigenvalue weighted by atomic mass is 35.5. The fourth-order valence-electron chi connectivity index (χ4n) is 6.34. The molecule has 0 radical (unpaired) electrons. The van der Waals surface area contributed by atoms with Gasteiger partial charge in [0.15, 0.2) is 4.80 Å². The zero-order chi connectivity index (χ0) is 37.1. The Labute approximate surface area is 317 Å². The number of hydrogen-bond donors (Lipinski definition) is 1. The second-order valence-corrected chi connectivity index (χ2v) is 14.4. The van der Waals surface area contributed by atoms with E-state index < -0.39 is 6.04 Å². The van der Waals surface area contributed by atoms with E-state index in [9.17, 15) is 9.59 Å². The van der Waals surface area contributed by atoms with Crippen LogP contribution >= 0.6 is 34.5 Å². The molecule has 1 aliphatic rings. The minimum absolute atomic E-state index is 0.246. The number of nitrogens with one attached hydrogen (secondary N) is 1. The molecule has 1 aliphatic heterocycles. The Balaban J connectivity index is 1.46. The largest absolute Gasteiger partial charge is 0.497 e. The van der Waals surface area contributed by atoms with Crippen LogP contribution in [0.1, 0.15) is 54.6 Å². The van der Waals surface area contributed by atoms with E-state index in [1.165, 1.54) is 11.3 Å². The second-order valence-electron chi connectivity index (χ2n) is 12.6. The van der Waals surface area contributed by atoms with Gasteiger partial charge in [0.2, 0.25) is 0 Å². The molecule has 5 aromatic rings. The molecule has 0 saturated carbocycles. The van der Waals surface area contributed by atoms with Gasteiger partial charge in [-0.1, -0.05) is 70.4 Å². The maximum atomic E-state index is 14.5. The number of halogens is 2. The van der Waals surface area contributed by atoms with Gasteiger partial charge >= 0.3 is 0 Å². The SMILES string of the molecule is CCN(CC)c1ccc(/C=c2\sc3n(c2=O)[C@@H](c2ccc(OC)cc2)C(C(=O)Nc2ccc(C)cc2C)=C(C)N=3)c(OCc2ccc(Cl)c(Cl)c2)c1. The summed E-state index contributed by atoms with van der Waals surface area (Å²) in [6.07, 6.45) is 1.83. The lowest BCUT2D eigenvalue weighted by molar-refractivity contribution is -0.113. The summed E-state index contributed by atoms with van der Waals surface area (Å²) in [5.41, 5.74) is 6.72. The molecule has 0 aliphatic carbocycles. The van der Waals surface area contributed by atoms with Crippen molar-refractivity contribution in [3.63, 3.8) is 0 Å². The number of fused-ring (bicyclic) bond motifs is 1. The molecule has 268 valence electrons. The third-order valence-corrected chi connectivity index (χ3v) is 10.8. The van der Waals surface area contributed by atoms with E-state index in [0.29, 0.717) is 47.8 Å². The van der Waals surface area contributed by atoms with Crippen molar-refractivity contribution in [3.05, 3.63) is 148 Å². The lowest BCUT2D eigenvalue weighted by Crippen LogP contribution is -2.40. The molecular formula is C41H40Cl2N4O4S. The van der Waals surface area contributed by atoms with Gasteiger partial charge in [-0.15, -0.1) is 0 Å². The number of methoxy groups -OCH3 is 1. The molecule has 0 saturated heterocycles. The minimum Gasteiger partial charge on any atom is -0.497 e. The summed E-state index contributed by atoms with van der Waals surface area (Å²) < 4.78 is 13.9. The van der Waals surface area contributed by atoms with Gasteiger partial charge in [-0.3, -0.25) is 14.2 Å². The van der Waals surface area contributed by atoms with E-state index in [-0.39, 0.29) is 18.1 Å². The number of benzene rings is 4. The Hall–Kier alpha value is -4.83. The molecule has 1 atom stereocenters. The molecule has 11 heteroatoms. The molecule has 0 bridgehead atoms. The average molecular weight is 756 g/mol. The van der Waals surface area contributed by atoms with Gasteiger partial charge in [-0.2, -0.15) is 0 Å². The zero-order valence-electron chi connectivity index (χ0n) is 29.9. The van der Waals surface area contributed by atoms with E-state index in [1.807, 2.05) is 93.6 Å². The molecular weight excluding hydrogens is 715 g/mol. The fraction of sp³-hybridized carbons (Fsp3) is 0.244. The number of hydrogen-bond acceptors (Lipinski definition) is 7. The molecule has 0 unspecified atom stereocenters. The van der Waals surface area contributed by atoms with Gasteiger partial charge in [0.05, 0.1) is 39.0 Å². The molecule has 6 rings (SSSR count). The topological polar surface area (TPSA) is 85.2 Å². The number of thiazole rings is 1. The number of aryl methyl sites for hydroxylation is 2. The first-order valence-corrected chi connectivity index (χ1v) is 18.6. The van der Waals surface area contributed by atoms with Crippen LogP contribution in [-0.2, 0) is 11.4 Å². The van der Waals surface area contributed by atoms with Gasteiger partial charge in [0, 0.05) is 36.1 Å². The van der Waals surface area contributed by atoms with E-state index in [1.54, 1.807) is 23.8 Å². The molecule has 1 amide bonds. The van der Waals surface area contributed by atoms with Crippen LogP contribution in [0.15, 0.2) is 99.9 Å². The monoisotopic (exact) mass is 754 g/mol. The van der Waals surface area contributed by atoms with Crippen LogP contribution in [0.2, 0.25) is 10.0 Å². The minimum atomic E-state index is -0.731. The predicted molar refractivity (Wildman–Crippen MR) is 212 cm³/mol. The van der Waals surface area contributed by atoms with Gasteiger partial charge in [0.25, 0.3) is 11.5 Å². The van der Waals surface area contributed by atoms with Crippen molar-refractivity contribution in [2.75, 3.05) is 30.4 Å². The van der Waals surface area contributed by atoms with Crippen LogP contribution in [0, 0.1) is 13.8 Å². The average Bonchev–Trinajstić information content (AvgIpc) is 3.44. The summed E-state index contributed by atoms with van der Waals surface area (Å²) in [6.45, 7) is 11.9. The summed E-state index contributed by atoms with van der Waals surface area (Å²) >= 11 is 13.7. The standard InChI is InChI=1S/C41H40Cl2N4O4S/c1-7-46(8-2)30-14-11-29(35(22-30)51-23-27-10-17-32(42)33(43)20-27)21-36-40(49)47-38(28-12-15-31(50-6)16-13-28)37(26(5)44-41(47)52-36)39(48)45-34-18-9-24(3)19-25(34)4/h9-22,38H,7-8,23H2,1-6H3,(H,45,48)/b36-21-/t38-/m0/s1. The zero-order valence-corrected chi connectivity index (χ0v) is 32.2. The number of amides is 1. The van der Waals surface area contributed by atoms with Gasteiger partial charge in [-0.05, 0) is 99.8 Å². The van der Waals surface area contributed by atoms with Crippen LogP contribution in [0.5, 0.6) is 11.5 Å². The van der Waals surface area contributed by atoms with Gasteiger partial charge < -0.3 is 19.7 Å². The smallest absolute Gasteiger partial charge is 0.271 e. The number of rotatable bonds is 11. The third-order valence-electron chi connectivity index (χ3n) is 9.12. The highest BCUT2D eigenvalue weighted by molar-refractivity contribution is 7.07. The Morgan fingerprint density at radius 3 is 2.38 bits per heavy atom. The van der Waals surface area contributed by atoms with Gasteiger partial charge in [-0.25, -0.2) is 4.99 Å². The molecule has 0 spiro atoms. The molecule has 1 aromatic heterocycles. The van der Waals surface area contributed by atoms with Crippen LogP contribution in [0.25, 0.3) is 6.08 Å². The van der Waals surface area contributed by atoms with Crippen molar-refractivity contribution in [1.29, 1.82) is 0 Å². The van der Waals surface area contributed by atoms with Crippen molar-refractivity contribution in [3.8, 4) is 11.5 Å². The number of carbonyl (C=O) groups excluding carboxylic acids is 1. The molecule has 2 heterocycles. The number of ether oxygens (including phenoxy) is 2. The fourth-order valence-corrected chi connectivity index (χ4v) is 7.70. The third kappa shape index (κ3) is 7.67. The summed E-state index contributed by atoms with van der Waals surface area (Å²) in [5.74, 6) is 0.950. The Kier molecular flexibility index (Phi) is 11.2. The van der Waals surface area contributed by atoms with E-state index in [0.717, 1.165) is 46.6 Å². The molecule has 8 nitrogen and oxygen atoms in total. The molecule has 52 heavy (non-hydrogen) atoms. The van der Waals surface area contributed by atoms with Crippen molar-refractivity contribution in [2.24, 2.45) is 4.99 Å². The second kappa shape index (κ2) is 15.8. The summed E-state index contributed by atoms with van der Waals surface area (Å²) in [4.78, 5) is 36.2. The van der Waals surface area contributed by atoms with Crippen LogP contribution in [0.3, 0.4) is 0 Å². The molecule has 4 aromatic carbocycles. The molecule has 0 fully saturated rings. The van der Waals surface area contributed by atoms with Crippen molar-refractivity contribution < 1.29 is 14.3 Å². The van der Waals surface area contributed by atoms with Crippen molar-refractivity contribution >= 4 is 57.9 Å². The normalized spacial score (nSPS) is 14.2. The Morgan fingerprint density at radius 1 is 0.962 bits per heavy atom. The Morgan fingerprint density at radius 2 is 1.71 bits per heavy atom. The predicted octanol–water partition coefficient (Wildman–Crippen LogP) is 8.23. The van der Waals surface area contributed by atoms with Crippen molar-refractivity contribution in [2.45, 2.75) is 47.3 Å². The first-order chi connectivity index (χ1) is 25.0. The summed E-state index contributed by atoms with van der Waals surface area (Å²) in [5, 5.41) is 4.00.